The van der Waals surface area contributed by atoms with Crippen LogP contribution in [-0.2, 0) is 0 Å². The number of hydrogen-bond acceptors (Lipinski definition) is 4. The van der Waals surface area contributed by atoms with Gasteiger partial charge in [0.2, 0.25) is 0 Å². The van der Waals surface area contributed by atoms with Gasteiger partial charge < -0.3 is 0 Å². The molecule has 1 aliphatic rings. The molecule has 1 saturated carbocycles. The van der Waals surface area contributed by atoms with Crippen molar-refractivity contribution in [3.63, 3.8) is 0 Å². The molecule has 1 aromatic carbocycles. The Morgan fingerprint density at radius 2 is 2.05 bits per heavy atom. The van der Waals surface area contributed by atoms with Crippen molar-refractivity contribution in [1.29, 1.82) is 0 Å². The van der Waals surface area contributed by atoms with Gasteiger partial charge in [-0.25, -0.2) is 14.3 Å². The molecule has 0 bridgehead atoms. The molecule has 104 valence electrons. The van der Waals surface area contributed by atoms with Crippen LogP contribution >= 0.6 is 0 Å². The summed E-state index contributed by atoms with van der Waals surface area (Å²) >= 11 is 0. The van der Waals surface area contributed by atoms with Crippen molar-refractivity contribution in [2.75, 3.05) is 0 Å². The third-order valence-corrected chi connectivity index (χ3v) is 3.76. The Kier molecular flexibility index (Phi) is 2.50. The SMILES string of the molecule is O=c1[nH]c(=O)n(-c2cnccn2)c2cc(C3CC3)ccc12. The summed E-state index contributed by atoms with van der Waals surface area (Å²) in [5, 5.41) is 0.477. The van der Waals surface area contributed by atoms with E-state index in [0.29, 0.717) is 22.6 Å². The van der Waals surface area contributed by atoms with Gasteiger partial charge in [-0.3, -0.25) is 14.8 Å². The second-order valence-corrected chi connectivity index (χ2v) is 5.21. The van der Waals surface area contributed by atoms with Gasteiger partial charge in [-0.15, -0.1) is 0 Å². The molecule has 1 aliphatic carbocycles. The van der Waals surface area contributed by atoms with E-state index < -0.39 is 5.69 Å². The first-order valence-electron chi connectivity index (χ1n) is 6.79. The number of nitrogens with one attached hydrogen (secondary N) is 1. The van der Waals surface area contributed by atoms with E-state index in [1.165, 1.54) is 23.2 Å². The molecule has 3 aromatic rings. The number of H-pyrrole nitrogens is 1. The molecule has 0 spiro atoms. The third-order valence-electron chi connectivity index (χ3n) is 3.76. The molecule has 0 aliphatic heterocycles. The topological polar surface area (TPSA) is 80.6 Å². The van der Waals surface area contributed by atoms with Crippen molar-refractivity contribution in [1.82, 2.24) is 19.5 Å². The molecule has 6 heteroatoms. The van der Waals surface area contributed by atoms with Gasteiger partial charge >= 0.3 is 5.69 Å². The fraction of sp³-hybridized carbons (Fsp3) is 0.200. The van der Waals surface area contributed by atoms with Crippen LogP contribution in [0.4, 0.5) is 0 Å². The lowest BCUT2D eigenvalue weighted by molar-refractivity contribution is 0.897. The van der Waals surface area contributed by atoms with Crippen molar-refractivity contribution in [3.05, 3.63) is 63.2 Å². The van der Waals surface area contributed by atoms with Crippen LogP contribution in [0.15, 0.2) is 46.4 Å². The van der Waals surface area contributed by atoms with Crippen molar-refractivity contribution in [3.8, 4) is 5.82 Å². The van der Waals surface area contributed by atoms with Gasteiger partial charge in [0.05, 0.1) is 17.1 Å². The van der Waals surface area contributed by atoms with E-state index in [9.17, 15) is 9.59 Å². The second kappa shape index (κ2) is 4.37. The summed E-state index contributed by atoms with van der Waals surface area (Å²) in [5.74, 6) is 0.941. The average Bonchev–Trinajstić information content (AvgIpc) is 3.32. The molecule has 2 aromatic heterocycles. The molecule has 0 unspecified atom stereocenters. The van der Waals surface area contributed by atoms with Crippen molar-refractivity contribution < 1.29 is 0 Å². The first-order valence-corrected chi connectivity index (χ1v) is 6.79. The van der Waals surface area contributed by atoms with Crippen LogP contribution in [0.3, 0.4) is 0 Å². The minimum absolute atomic E-state index is 0.377. The van der Waals surface area contributed by atoms with Crippen LogP contribution in [0.1, 0.15) is 24.3 Å². The maximum Gasteiger partial charge on any atom is 0.334 e. The van der Waals surface area contributed by atoms with Gasteiger partial charge in [-0.2, -0.15) is 0 Å². The zero-order valence-electron chi connectivity index (χ0n) is 11.1. The highest BCUT2D eigenvalue weighted by molar-refractivity contribution is 5.80. The summed E-state index contributed by atoms with van der Waals surface area (Å²) in [6.07, 6.45) is 6.87. The highest BCUT2D eigenvalue weighted by atomic mass is 16.2. The summed E-state index contributed by atoms with van der Waals surface area (Å²) in [7, 11) is 0. The van der Waals surface area contributed by atoms with Crippen LogP contribution < -0.4 is 11.2 Å². The van der Waals surface area contributed by atoms with Crippen LogP contribution in [0, 0.1) is 0 Å². The quantitative estimate of drug-likeness (QED) is 0.768. The average molecular weight is 280 g/mol. The highest BCUT2D eigenvalue weighted by Crippen LogP contribution is 2.40. The molecule has 6 nitrogen and oxygen atoms in total. The normalized spacial score (nSPS) is 14.5. The van der Waals surface area contributed by atoms with Crippen molar-refractivity contribution in [2.24, 2.45) is 0 Å². The smallest absolute Gasteiger partial charge is 0.273 e. The van der Waals surface area contributed by atoms with E-state index in [0.717, 1.165) is 18.4 Å². The molecule has 2 heterocycles. The molecule has 4 rings (SSSR count). The fourth-order valence-electron chi connectivity index (χ4n) is 2.56. The van der Waals surface area contributed by atoms with E-state index >= 15 is 0 Å². The van der Waals surface area contributed by atoms with Crippen molar-refractivity contribution >= 4 is 10.9 Å². The Balaban J connectivity index is 2.10. The van der Waals surface area contributed by atoms with Gasteiger partial charge in [-0.1, -0.05) is 6.07 Å². The van der Waals surface area contributed by atoms with Crippen molar-refractivity contribution in [2.45, 2.75) is 18.8 Å². The van der Waals surface area contributed by atoms with Crippen LogP contribution in [-0.4, -0.2) is 19.5 Å². The lowest BCUT2D eigenvalue weighted by Gasteiger charge is -2.09. The zero-order chi connectivity index (χ0) is 14.4. The predicted molar refractivity (Wildman–Crippen MR) is 77.7 cm³/mol. The number of aromatic nitrogens is 4. The van der Waals surface area contributed by atoms with Crippen LogP contribution in [0.5, 0.6) is 0 Å². The van der Waals surface area contributed by atoms with E-state index in [-0.39, 0.29) is 5.56 Å². The minimum atomic E-state index is -0.499. The van der Waals surface area contributed by atoms with E-state index in [1.54, 1.807) is 6.07 Å². The summed E-state index contributed by atoms with van der Waals surface area (Å²) in [5.41, 5.74) is 0.859. The van der Waals surface area contributed by atoms with Gasteiger partial charge in [0, 0.05) is 12.4 Å². The molecule has 21 heavy (non-hydrogen) atoms. The first kappa shape index (κ1) is 12.0. The van der Waals surface area contributed by atoms with E-state index in [2.05, 4.69) is 15.0 Å². The number of nitrogens with zero attached hydrogens (tertiary/aromatic N) is 3. The Morgan fingerprint density at radius 1 is 1.19 bits per heavy atom. The molecule has 1 N–H and O–H groups in total. The molecule has 0 atom stereocenters. The number of rotatable bonds is 2. The van der Waals surface area contributed by atoms with Crippen LogP contribution in [0.2, 0.25) is 0 Å². The molecule has 0 amide bonds. The summed E-state index contributed by atoms with van der Waals surface area (Å²) < 4.78 is 1.40. The number of benzene rings is 1. The summed E-state index contributed by atoms with van der Waals surface area (Å²) in [4.78, 5) is 34.6. The molecule has 1 fully saturated rings. The summed E-state index contributed by atoms with van der Waals surface area (Å²) in [6.45, 7) is 0. The maximum atomic E-state index is 12.2. The van der Waals surface area contributed by atoms with Gasteiger partial charge in [0.15, 0.2) is 5.82 Å². The minimum Gasteiger partial charge on any atom is -0.273 e. The largest absolute Gasteiger partial charge is 0.334 e. The lowest BCUT2D eigenvalue weighted by Crippen LogP contribution is -2.29. The predicted octanol–water partition coefficient (Wildman–Crippen LogP) is 1.35. The second-order valence-electron chi connectivity index (χ2n) is 5.21. The molecule has 0 radical (unpaired) electrons. The Labute approximate surface area is 119 Å². The molecule has 0 saturated heterocycles. The Hall–Kier alpha value is -2.76. The summed E-state index contributed by atoms with van der Waals surface area (Å²) in [6, 6.07) is 5.65. The lowest BCUT2D eigenvalue weighted by atomic mass is 10.1. The Bertz CT molecular complexity index is 939. The van der Waals surface area contributed by atoms with Gasteiger partial charge in [0.1, 0.15) is 0 Å². The van der Waals surface area contributed by atoms with E-state index in [1.807, 2.05) is 12.1 Å². The Morgan fingerprint density at radius 3 is 2.76 bits per heavy atom. The highest BCUT2D eigenvalue weighted by Gasteiger charge is 2.24. The van der Waals surface area contributed by atoms with Gasteiger partial charge in [-0.05, 0) is 36.5 Å². The maximum absolute atomic E-state index is 12.2. The number of aromatic amines is 1. The standard InChI is InChI=1S/C15H12N4O2/c20-14-11-4-3-10(9-1-2-9)7-12(11)19(15(21)18-14)13-8-16-5-6-17-13/h3-9H,1-2H2,(H,18,20,21). The zero-order valence-corrected chi connectivity index (χ0v) is 11.1. The molecular formula is C15H12N4O2. The number of fused-ring (bicyclic) bond motifs is 1. The molecular weight excluding hydrogens is 268 g/mol. The first-order chi connectivity index (χ1) is 10.2. The van der Waals surface area contributed by atoms with Gasteiger partial charge in [0.25, 0.3) is 5.56 Å². The van der Waals surface area contributed by atoms with E-state index in [4.69, 9.17) is 0 Å². The monoisotopic (exact) mass is 280 g/mol. The fourth-order valence-corrected chi connectivity index (χ4v) is 2.56. The number of hydrogen-bond donors (Lipinski definition) is 1. The third kappa shape index (κ3) is 1.96. The van der Waals surface area contributed by atoms with Crippen LogP contribution in [0.25, 0.3) is 16.7 Å².